The molecule has 4 heteroatoms. The lowest BCUT2D eigenvalue weighted by Crippen LogP contribution is -2.45. The number of aryl methyl sites for hydroxylation is 1. The highest BCUT2D eigenvalue weighted by Crippen LogP contribution is 2.37. The molecule has 0 radical (unpaired) electrons. The number of imide groups is 1. The SMILES string of the molecule is Cc1ccc(N2C(=O)NC(c3ccccc3)(c3ccccc3)C2=O)cc1. The first-order chi connectivity index (χ1) is 12.6. The van der Waals surface area contributed by atoms with Gasteiger partial charge in [-0.3, -0.25) is 4.79 Å². The van der Waals surface area contributed by atoms with Crippen molar-refractivity contribution >= 4 is 17.6 Å². The van der Waals surface area contributed by atoms with E-state index in [0.717, 1.165) is 16.7 Å². The van der Waals surface area contributed by atoms with E-state index in [2.05, 4.69) is 5.32 Å². The fourth-order valence-electron chi connectivity index (χ4n) is 3.39. The van der Waals surface area contributed by atoms with Crippen molar-refractivity contribution in [2.75, 3.05) is 4.90 Å². The van der Waals surface area contributed by atoms with Gasteiger partial charge in [0.1, 0.15) is 0 Å². The number of benzene rings is 3. The number of nitrogens with zero attached hydrogens (tertiary/aromatic N) is 1. The summed E-state index contributed by atoms with van der Waals surface area (Å²) in [4.78, 5) is 27.6. The van der Waals surface area contributed by atoms with Gasteiger partial charge in [0.2, 0.25) is 0 Å². The summed E-state index contributed by atoms with van der Waals surface area (Å²) in [5.74, 6) is -0.302. The first-order valence-corrected chi connectivity index (χ1v) is 8.47. The van der Waals surface area contributed by atoms with E-state index in [9.17, 15) is 9.59 Å². The Morgan fingerprint density at radius 2 is 1.23 bits per heavy atom. The number of carbonyl (C=O) groups excluding carboxylic acids is 2. The fraction of sp³-hybridized carbons (Fsp3) is 0.0909. The van der Waals surface area contributed by atoms with Crippen LogP contribution in [0.3, 0.4) is 0 Å². The number of anilines is 1. The minimum Gasteiger partial charge on any atom is -0.315 e. The Morgan fingerprint density at radius 1 is 0.731 bits per heavy atom. The average molecular weight is 342 g/mol. The number of rotatable bonds is 3. The van der Waals surface area contributed by atoms with Gasteiger partial charge in [0, 0.05) is 0 Å². The van der Waals surface area contributed by atoms with Gasteiger partial charge < -0.3 is 5.32 Å². The van der Waals surface area contributed by atoms with E-state index < -0.39 is 11.6 Å². The van der Waals surface area contributed by atoms with Crippen LogP contribution in [0.2, 0.25) is 0 Å². The van der Waals surface area contributed by atoms with Gasteiger partial charge in [-0.25, -0.2) is 9.69 Å². The molecule has 128 valence electrons. The second kappa shape index (κ2) is 6.15. The van der Waals surface area contributed by atoms with Crippen molar-refractivity contribution in [2.45, 2.75) is 12.5 Å². The molecule has 0 aromatic heterocycles. The first-order valence-electron chi connectivity index (χ1n) is 8.47. The molecule has 1 saturated heterocycles. The third kappa shape index (κ3) is 2.39. The molecule has 0 aliphatic carbocycles. The minimum atomic E-state index is -1.23. The van der Waals surface area contributed by atoms with Crippen LogP contribution in [0.25, 0.3) is 0 Å². The van der Waals surface area contributed by atoms with Crippen molar-refractivity contribution in [2.24, 2.45) is 0 Å². The number of nitrogens with one attached hydrogen (secondary N) is 1. The highest BCUT2D eigenvalue weighted by molar-refractivity contribution is 6.24. The van der Waals surface area contributed by atoms with Crippen LogP contribution >= 0.6 is 0 Å². The highest BCUT2D eigenvalue weighted by Gasteiger charge is 2.54. The maximum Gasteiger partial charge on any atom is 0.330 e. The molecule has 3 amide bonds. The third-order valence-electron chi connectivity index (χ3n) is 4.73. The molecule has 4 rings (SSSR count). The molecule has 0 bridgehead atoms. The Labute approximate surface area is 152 Å². The summed E-state index contributed by atoms with van der Waals surface area (Å²) in [6.07, 6.45) is 0. The normalized spacial score (nSPS) is 15.8. The van der Waals surface area contributed by atoms with E-state index >= 15 is 0 Å². The van der Waals surface area contributed by atoms with Crippen LogP contribution in [-0.4, -0.2) is 11.9 Å². The second-order valence-electron chi connectivity index (χ2n) is 6.39. The minimum absolute atomic E-state index is 0.302. The molecular formula is C22H18N2O2. The molecule has 26 heavy (non-hydrogen) atoms. The lowest BCUT2D eigenvalue weighted by molar-refractivity contribution is -0.121. The zero-order valence-corrected chi connectivity index (χ0v) is 14.3. The summed E-state index contributed by atoms with van der Waals surface area (Å²) < 4.78 is 0. The maximum absolute atomic E-state index is 13.6. The van der Waals surface area contributed by atoms with Crippen LogP contribution in [0, 0.1) is 6.92 Å². The number of carbonyl (C=O) groups is 2. The molecule has 0 unspecified atom stereocenters. The monoisotopic (exact) mass is 342 g/mol. The summed E-state index contributed by atoms with van der Waals surface area (Å²) in [5.41, 5.74) is 1.87. The molecule has 1 fully saturated rings. The predicted molar refractivity (Wildman–Crippen MR) is 101 cm³/mol. The second-order valence-corrected chi connectivity index (χ2v) is 6.39. The van der Waals surface area contributed by atoms with Gasteiger partial charge in [0.15, 0.2) is 5.54 Å². The van der Waals surface area contributed by atoms with Gasteiger partial charge in [0.25, 0.3) is 5.91 Å². The van der Waals surface area contributed by atoms with Gasteiger partial charge in [0.05, 0.1) is 5.69 Å². The zero-order chi connectivity index (χ0) is 18.1. The van der Waals surface area contributed by atoms with Crippen LogP contribution in [0.4, 0.5) is 10.5 Å². The lowest BCUT2D eigenvalue weighted by atomic mass is 9.82. The predicted octanol–water partition coefficient (Wildman–Crippen LogP) is 4.00. The van der Waals surface area contributed by atoms with Crippen molar-refractivity contribution in [3.8, 4) is 0 Å². The molecule has 1 aliphatic rings. The Balaban J connectivity index is 1.89. The topological polar surface area (TPSA) is 49.4 Å². The number of hydrogen-bond donors (Lipinski definition) is 1. The van der Waals surface area contributed by atoms with E-state index in [1.807, 2.05) is 79.7 Å². The molecule has 0 atom stereocenters. The Bertz CT molecular complexity index is 911. The van der Waals surface area contributed by atoms with Crippen LogP contribution in [0.5, 0.6) is 0 Å². The van der Waals surface area contributed by atoms with Crippen LogP contribution in [0.1, 0.15) is 16.7 Å². The molecule has 3 aromatic carbocycles. The Morgan fingerprint density at radius 3 is 1.73 bits per heavy atom. The van der Waals surface area contributed by atoms with Gasteiger partial charge in [-0.2, -0.15) is 0 Å². The molecule has 1 heterocycles. The van der Waals surface area contributed by atoms with Crippen molar-refractivity contribution in [3.05, 3.63) is 102 Å². The molecule has 4 nitrogen and oxygen atoms in total. The van der Waals surface area contributed by atoms with E-state index in [1.165, 1.54) is 4.90 Å². The molecule has 1 N–H and O–H groups in total. The number of hydrogen-bond acceptors (Lipinski definition) is 2. The quantitative estimate of drug-likeness (QED) is 0.732. The van der Waals surface area contributed by atoms with Gasteiger partial charge in [-0.05, 0) is 30.2 Å². The highest BCUT2D eigenvalue weighted by atomic mass is 16.2. The average Bonchev–Trinajstić information content (AvgIpc) is 2.95. The summed E-state index contributed by atoms with van der Waals surface area (Å²) in [5, 5.41) is 2.95. The van der Waals surface area contributed by atoms with E-state index in [0.29, 0.717) is 5.69 Å². The van der Waals surface area contributed by atoms with Crippen molar-refractivity contribution in [1.29, 1.82) is 0 Å². The van der Waals surface area contributed by atoms with Crippen LogP contribution in [-0.2, 0) is 10.3 Å². The summed E-state index contributed by atoms with van der Waals surface area (Å²) in [6.45, 7) is 1.97. The molecule has 0 spiro atoms. The molecular weight excluding hydrogens is 324 g/mol. The van der Waals surface area contributed by atoms with Gasteiger partial charge in [-0.15, -0.1) is 0 Å². The summed E-state index contributed by atoms with van der Waals surface area (Å²) in [6, 6.07) is 25.7. The molecule has 1 aliphatic heterocycles. The van der Waals surface area contributed by atoms with Crippen molar-refractivity contribution < 1.29 is 9.59 Å². The Kier molecular flexibility index (Phi) is 3.81. The molecule has 3 aromatic rings. The zero-order valence-electron chi connectivity index (χ0n) is 14.3. The van der Waals surface area contributed by atoms with Crippen molar-refractivity contribution in [1.82, 2.24) is 5.32 Å². The standard InChI is InChI=1S/C22H18N2O2/c1-16-12-14-19(15-13-16)24-20(25)22(23-21(24)26,17-8-4-2-5-9-17)18-10-6-3-7-11-18/h2-15H,1H3,(H,23,26). The maximum atomic E-state index is 13.6. The van der Waals surface area contributed by atoms with E-state index in [-0.39, 0.29) is 5.91 Å². The van der Waals surface area contributed by atoms with Crippen LogP contribution in [0.15, 0.2) is 84.9 Å². The smallest absolute Gasteiger partial charge is 0.315 e. The third-order valence-corrected chi connectivity index (χ3v) is 4.73. The van der Waals surface area contributed by atoms with Gasteiger partial charge >= 0.3 is 6.03 Å². The lowest BCUT2D eigenvalue weighted by Gasteiger charge is -2.28. The number of urea groups is 1. The Hall–Kier alpha value is -3.40. The number of amides is 3. The van der Waals surface area contributed by atoms with Gasteiger partial charge in [-0.1, -0.05) is 78.4 Å². The summed E-state index contributed by atoms with van der Waals surface area (Å²) in [7, 11) is 0. The van der Waals surface area contributed by atoms with E-state index in [1.54, 1.807) is 12.1 Å². The fourth-order valence-corrected chi connectivity index (χ4v) is 3.39. The van der Waals surface area contributed by atoms with Crippen LogP contribution < -0.4 is 10.2 Å². The summed E-state index contributed by atoms with van der Waals surface area (Å²) >= 11 is 0. The van der Waals surface area contributed by atoms with E-state index in [4.69, 9.17) is 0 Å². The first kappa shape index (κ1) is 16.1. The largest absolute Gasteiger partial charge is 0.330 e. The van der Waals surface area contributed by atoms with Crippen molar-refractivity contribution in [3.63, 3.8) is 0 Å². The molecule has 0 saturated carbocycles.